The molecule has 0 saturated carbocycles. The Balaban J connectivity index is 4.81. The normalized spacial score (nSPS) is 12.7. The summed E-state index contributed by atoms with van der Waals surface area (Å²) in [5, 5.41) is 0. The van der Waals surface area contributed by atoms with Gasteiger partial charge in [0.15, 0.2) is 5.92 Å². The second kappa shape index (κ2) is 7.09. The lowest BCUT2D eigenvalue weighted by Crippen LogP contribution is -2.35. The maximum absolute atomic E-state index is 11.8. The minimum atomic E-state index is -0.933. The molecule has 4 heteroatoms. The first-order valence-electron chi connectivity index (χ1n) is 5.83. The van der Waals surface area contributed by atoms with Crippen LogP contribution in [0, 0.1) is 11.8 Å². The molecule has 0 aromatic rings. The fraction of sp³-hybridized carbons (Fsp3) is 0.692. The van der Waals surface area contributed by atoms with E-state index in [9.17, 15) is 9.59 Å². The van der Waals surface area contributed by atoms with Gasteiger partial charge in [-0.15, -0.1) is 6.58 Å². The molecule has 0 aromatic carbocycles. The van der Waals surface area contributed by atoms with Crippen molar-refractivity contribution in [1.29, 1.82) is 0 Å². The largest absolute Gasteiger partial charge is 0.462 e. The van der Waals surface area contributed by atoms with E-state index >= 15 is 0 Å². The highest BCUT2D eigenvalue weighted by molar-refractivity contribution is 5.95. The zero-order chi connectivity index (χ0) is 13.6. The first kappa shape index (κ1) is 15.7. The van der Waals surface area contributed by atoms with Crippen LogP contribution in [-0.2, 0) is 19.1 Å². The Hall–Kier alpha value is -1.32. The number of carbonyl (C=O) groups is 2. The van der Waals surface area contributed by atoms with Crippen molar-refractivity contribution in [2.75, 3.05) is 0 Å². The summed E-state index contributed by atoms with van der Waals surface area (Å²) in [6, 6.07) is 0. The number of rotatable bonds is 6. The van der Waals surface area contributed by atoms with Gasteiger partial charge in [0.05, 0.1) is 12.2 Å². The minimum absolute atomic E-state index is 0.256. The van der Waals surface area contributed by atoms with Crippen molar-refractivity contribution < 1.29 is 19.1 Å². The van der Waals surface area contributed by atoms with E-state index in [1.54, 1.807) is 40.7 Å². The predicted molar refractivity (Wildman–Crippen MR) is 65.3 cm³/mol. The van der Waals surface area contributed by atoms with Crippen molar-refractivity contribution in [1.82, 2.24) is 0 Å². The molecule has 0 radical (unpaired) electrons. The maximum atomic E-state index is 11.8. The SMILES string of the molecule is C=CC(C)C(C(=O)OC(C)C)C(=O)OC(C)C. The Morgan fingerprint density at radius 2 is 1.29 bits per heavy atom. The van der Waals surface area contributed by atoms with Crippen LogP contribution < -0.4 is 0 Å². The smallest absolute Gasteiger partial charge is 0.321 e. The number of hydrogen-bond acceptors (Lipinski definition) is 4. The molecule has 0 aromatic heterocycles. The van der Waals surface area contributed by atoms with E-state index in [0.29, 0.717) is 0 Å². The van der Waals surface area contributed by atoms with E-state index in [0.717, 1.165) is 0 Å². The highest BCUT2D eigenvalue weighted by Gasteiger charge is 2.34. The van der Waals surface area contributed by atoms with Crippen LogP contribution in [0.2, 0.25) is 0 Å². The van der Waals surface area contributed by atoms with Gasteiger partial charge in [-0.25, -0.2) is 0 Å². The first-order valence-corrected chi connectivity index (χ1v) is 5.83. The van der Waals surface area contributed by atoms with Gasteiger partial charge < -0.3 is 9.47 Å². The average Bonchev–Trinajstić information content (AvgIpc) is 2.14. The Labute approximate surface area is 103 Å². The summed E-state index contributed by atoms with van der Waals surface area (Å²) >= 11 is 0. The van der Waals surface area contributed by atoms with E-state index in [4.69, 9.17) is 9.47 Å². The molecule has 0 aliphatic rings. The molecule has 0 heterocycles. The molecule has 0 amide bonds. The van der Waals surface area contributed by atoms with Gasteiger partial charge in [-0.3, -0.25) is 9.59 Å². The standard InChI is InChI=1S/C13H22O4/c1-7-10(6)11(12(14)16-8(2)3)13(15)17-9(4)5/h7-11H,1H2,2-6H3. The quantitative estimate of drug-likeness (QED) is 0.407. The fourth-order valence-electron chi connectivity index (χ4n) is 1.27. The lowest BCUT2D eigenvalue weighted by atomic mass is 9.94. The minimum Gasteiger partial charge on any atom is -0.462 e. The zero-order valence-electron chi connectivity index (χ0n) is 11.2. The Morgan fingerprint density at radius 1 is 0.941 bits per heavy atom. The molecular formula is C13H22O4. The summed E-state index contributed by atoms with van der Waals surface area (Å²) in [6.07, 6.45) is 1.04. The summed E-state index contributed by atoms with van der Waals surface area (Å²) < 4.78 is 10.1. The predicted octanol–water partition coefficient (Wildman–Crippen LogP) is 2.33. The van der Waals surface area contributed by atoms with Crippen molar-refractivity contribution >= 4 is 11.9 Å². The van der Waals surface area contributed by atoms with Crippen LogP contribution in [0.5, 0.6) is 0 Å². The molecule has 0 aliphatic carbocycles. The van der Waals surface area contributed by atoms with Crippen LogP contribution in [0.4, 0.5) is 0 Å². The highest BCUT2D eigenvalue weighted by atomic mass is 16.6. The lowest BCUT2D eigenvalue weighted by molar-refractivity contribution is -0.168. The number of carbonyl (C=O) groups excluding carboxylic acids is 2. The van der Waals surface area contributed by atoms with E-state index < -0.39 is 17.9 Å². The third-order valence-electron chi connectivity index (χ3n) is 2.11. The van der Waals surface area contributed by atoms with E-state index in [-0.39, 0.29) is 18.1 Å². The molecule has 0 aliphatic heterocycles. The molecule has 4 nitrogen and oxygen atoms in total. The van der Waals surface area contributed by atoms with Gasteiger partial charge in [-0.1, -0.05) is 13.0 Å². The second-order valence-electron chi connectivity index (χ2n) is 4.54. The first-order chi connectivity index (χ1) is 7.79. The van der Waals surface area contributed by atoms with Crippen LogP contribution in [0.3, 0.4) is 0 Å². The van der Waals surface area contributed by atoms with Crippen molar-refractivity contribution in [3.8, 4) is 0 Å². The Kier molecular flexibility index (Phi) is 6.54. The molecule has 0 saturated heterocycles. The summed E-state index contributed by atoms with van der Waals surface area (Å²) in [7, 11) is 0. The average molecular weight is 242 g/mol. The second-order valence-corrected chi connectivity index (χ2v) is 4.54. The number of ether oxygens (including phenoxy) is 2. The molecule has 0 bridgehead atoms. The molecule has 98 valence electrons. The summed E-state index contributed by atoms with van der Waals surface area (Å²) in [5.74, 6) is -2.36. The van der Waals surface area contributed by atoms with E-state index in [2.05, 4.69) is 6.58 Å². The highest BCUT2D eigenvalue weighted by Crippen LogP contribution is 2.18. The zero-order valence-corrected chi connectivity index (χ0v) is 11.2. The summed E-state index contributed by atoms with van der Waals surface area (Å²) in [6.45, 7) is 12.3. The molecular weight excluding hydrogens is 220 g/mol. The van der Waals surface area contributed by atoms with Crippen LogP contribution in [0.1, 0.15) is 34.6 Å². The molecule has 1 atom stereocenters. The summed E-state index contributed by atoms with van der Waals surface area (Å²) in [5.41, 5.74) is 0. The van der Waals surface area contributed by atoms with Crippen LogP contribution in [0.15, 0.2) is 12.7 Å². The van der Waals surface area contributed by atoms with Crippen LogP contribution in [-0.4, -0.2) is 24.1 Å². The Bertz CT molecular complexity index is 259. The van der Waals surface area contributed by atoms with Crippen LogP contribution >= 0.6 is 0 Å². The van der Waals surface area contributed by atoms with Gasteiger partial charge in [0.1, 0.15) is 0 Å². The number of hydrogen-bond donors (Lipinski definition) is 0. The maximum Gasteiger partial charge on any atom is 0.321 e. The fourth-order valence-corrected chi connectivity index (χ4v) is 1.27. The molecule has 1 unspecified atom stereocenters. The molecule has 0 fully saturated rings. The number of allylic oxidation sites excluding steroid dienone is 1. The lowest BCUT2D eigenvalue weighted by Gasteiger charge is -2.21. The van der Waals surface area contributed by atoms with Crippen LogP contribution in [0.25, 0.3) is 0 Å². The molecule has 0 N–H and O–H groups in total. The van der Waals surface area contributed by atoms with Crippen molar-refractivity contribution in [2.45, 2.75) is 46.8 Å². The molecule has 0 rings (SSSR count). The van der Waals surface area contributed by atoms with Crippen molar-refractivity contribution in [2.24, 2.45) is 11.8 Å². The third-order valence-corrected chi connectivity index (χ3v) is 2.11. The van der Waals surface area contributed by atoms with Gasteiger partial charge >= 0.3 is 11.9 Å². The summed E-state index contributed by atoms with van der Waals surface area (Å²) in [4.78, 5) is 23.6. The Morgan fingerprint density at radius 3 is 1.53 bits per heavy atom. The number of esters is 2. The van der Waals surface area contributed by atoms with E-state index in [1.165, 1.54) is 0 Å². The van der Waals surface area contributed by atoms with Gasteiger partial charge in [0.2, 0.25) is 0 Å². The third kappa shape index (κ3) is 5.52. The topological polar surface area (TPSA) is 52.6 Å². The van der Waals surface area contributed by atoms with Gasteiger partial charge in [0.25, 0.3) is 0 Å². The van der Waals surface area contributed by atoms with Crippen molar-refractivity contribution in [3.05, 3.63) is 12.7 Å². The molecule has 17 heavy (non-hydrogen) atoms. The monoisotopic (exact) mass is 242 g/mol. The van der Waals surface area contributed by atoms with Gasteiger partial charge in [-0.05, 0) is 33.6 Å². The molecule has 0 spiro atoms. The van der Waals surface area contributed by atoms with E-state index in [1.807, 2.05) is 0 Å². The van der Waals surface area contributed by atoms with Crippen molar-refractivity contribution in [3.63, 3.8) is 0 Å². The van der Waals surface area contributed by atoms with Gasteiger partial charge in [-0.2, -0.15) is 0 Å². The van der Waals surface area contributed by atoms with Gasteiger partial charge in [0, 0.05) is 0 Å².